The summed E-state index contributed by atoms with van der Waals surface area (Å²) in [6.45, 7) is 12.4. The molecule has 7 heteroatoms. The number of nitrogens with zero attached hydrogens (tertiary/aromatic N) is 1. The molecule has 23 heavy (non-hydrogen) atoms. The van der Waals surface area contributed by atoms with Crippen molar-refractivity contribution in [1.29, 1.82) is 0 Å². The van der Waals surface area contributed by atoms with E-state index in [9.17, 15) is 14.4 Å². The Balaban J connectivity index is 1.82. The molecule has 2 fully saturated rings. The summed E-state index contributed by atoms with van der Waals surface area (Å²) in [5.74, 6) is -1.57. The second-order valence-corrected chi connectivity index (χ2v) is 5.85. The van der Waals surface area contributed by atoms with Crippen molar-refractivity contribution in [2.45, 2.75) is 50.9 Å². The SMILES string of the molecule is [C-]#[N+]C1(OC(=O)CCCOC(=O)C(=C)C)CCC2CC1OC2=O. The standard InChI is InChI=1S/C16H19NO6/c1-10(2)14(19)21-8-4-5-13(18)23-16(17-3)7-6-11-9-12(16)22-15(11)20/h11-12H,1,4-9H2,2H3. The fraction of sp³-hybridized carbons (Fsp3) is 0.625. The first-order chi connectivity index (χ1) is 10.9. The van der Waals surface area contributed by atoms with Gasteiger partial charge in [0.1, 0.15) is 0 Å². The minimum Gasteiger partial charge on any atom is -0.462 e. The van der Waals surface area contributed by atoms with Crippen LogP contribution < -0.4 is 0 Å². The third kappa shape index (κ3) is 3.70. The number of carbonyl (C=O) groups excluding carboxylic acids is 3. The predicted molar refractivity (Wildman–Crippen MR) is 77.7 cm³/mol. The molecule has 0 amide bonds. The maximum atomic E-state index is 11.9. The number of hydrogen-bond donors (Lipinski definition) is 0. The van der Waals surface area contributed by atoms with Gasteiger partial charge in [-0.1, -0.05) is 6.58 Å². The number of carbonyl (C=O) groups is 3. The molecular weight excluding hydrogens is 302 g/mol. The normalized spacial score (nSPS) is 28.4. The number of hydrogen-bond acceptors (Lipinski definition) is 6. The molecule has 0 N–H and O–H groups in total. The zero-order chi connectivity index (χ0) is 17.0. The molecule has 0 aromatic rings. The van der Waals surface area contributed by atoms with E-state index in [-0.39, 0.29) is 24.9 Å². The van der Waals surface area contributed by atoms with E-state index in [1.165, 1.54) is 6.92 Å². The average Bonchev–Trinajstić information content (AvgIpc) is 2.84. The molecule has 0 aromatic carbocycles. The highest BCUT2D eigenvalue weighted by molar-refractivity contribution is 5.86. The van der Waals surface area contributed by atoms with E-state index in [4.69, 9.17) is 20.8 Å². The maximum Gasteiger partial charge on any atom is 0.414 e. The van der Waals surface area contributed by atoms with Crippen LogP contribution in [0.15, 0.2) is 12.2 Å². The molecule has 1 saturated carbocycles. The topological polar surface area (TPSA) is 83.3 Å². The van der Waals surface area contributed by atoms with Crippen LogP contribution in [0.2, 0.25) is 0 Å². The number of rotatable bonds is 6. The van der Waals surface area contributed by atoms with Crippen LogP contribution in [-0.4, -0.2) is 36.3 Å². The van der Waals surface area contributed by atoms with Crippen LogP contribution >= 0.6 is 0 Å². The van der Waals surface area contributed by atoms with Crippen LogP contribution in [0.5, 0.6) is 0 Å². The van der Waals surface area contributed by atoms with Gasteiger partial charge in [-0.05, 0) is 19.8 Å². The lowest BCUT2D eigenvalue weighted by atomic mass is 9.84. The summed E-state index contributed by atoms with van der Waals surface area (Å²) < 4.78 is 15.4. The van der Waals surface area contributed by atoms with E-state index in [0.29, 0.717) is 31.3 Å². The summed E-state index contributed by atoms with van der Waals surface area (Å²) in [7, 11) is 0. The van der Waals surface area contributed by atoms with E-state index in [1.807, 2.05) is 0 Å². The molecule has 2 aliphatic rings. The van der Waals surface area contributed by atoms with Gasteiger partial charge in [0, 0.05) is 18.4 Å². The van der Waals surface area contributed by atoms with Crippen molar-refractivity contribution < 1.29 is 28.6 Å². The van der Waals surface area contributed by atoms with Crippen molar-refractivity contribution in [2.75, 3.05) is 6.61 Å². The molecule has 3 unspecified atom stereocenters. The number of fused-ring (bicyclic) bond motifs is 2. The summed E-state index contributed by atoms with van der Waals surface area (Å²) in [6, 6.07) is 0. The minimum atomic E-state index is -1.41. The molecule has 3 atom stereocenters. The zero-order valence-corrected chi connectivity index (χ0v) is 13.0. The van der Waals surface area contributed by atoms with E-state index < -0.39 is 23.8 Å². The quantitative estimate of drug-likeness (QED) is 0.244. The lowest BCUT2D eigenvalue weighted by Gasteiger charge is -2.28. The highest BCUT2D eigenvalue weighted by Crippen LogP contribution is 2.43. The highest BCUT2D eigenvalue weighted by atomic mass is 16.6. The Kier molecular flexibility index (Phi) is 5.04. The average molecular weight is 321 g/mol. The third-order valence-corrected chi connectivity index (χ3v) is 4.03. The molecule has 1 aliphatic heterocycles. The summed E-state index contributed by atoms with van der Waals surface area (Å²) in [4.78, 5) is 38.1. The van der Waals surface area contributed by atoms with E-state index in [0.717, 1.165) is 0 Å². The summed E-state index contributed by atoms with van der Waals surface area (Å²) in [6.07, 6.45) is 0.834. The van der Waals surface area contributed by atoms with Crippen molar-refractivity contribution in [1.82, 2.24) is 0 Å². The number of ether oxygens (including phenoxy) is 3. The molecule has 2 bridgehead atoms. The van der Waals surface area contributed by atoms with Gasteiger partial charge in [0.05, 0.1) is 18.9 Å². The first kappa shape index (κ1) is 17.0. The second kappa shape index (κ2) is 6.82. The molecule has 0 aromatic heterocycles. The van der Waals surface area contributed by atoms with Gasteiger partial charge in [-0.2, -0.15) is 0 Å². The fourth-order valence-electron chi connectivity index (χ4n) is 2.71. The summed E-state index contributed by atoms with van der Waals surface area (Å²) in [5.41, 5.74) is -1.12. The van der Waals surface area contributed by atoms with E-state index >= 15 is 0 Å². The monoisotopic (exact) mass is 321 g/mol. The van der Waals surface area contributed by atoms with Gasteiger partial charge in [0.2, 0.25) is 6.10 Å². The Morgan fingerprint density at radius 1 is 1.52 bits per heavy atom. The van der Waals surface area contributed by atoms with Gasteiger partial charge in [-0.3, -0.25) is 14.4 Å². The van der Waals surface area contributed by atoms with Crippen LogP contribution in [0.25, 0.3) is 4.85 Å². The lowest BCUT2D eigenvalue weighted by Crippen LogP contribution is -2.45. The lowest BCUT2D eigenvalue weighted by molar-refractivity contribution is -0.172. The minimum absolute atomic E-state index is 0.0187. The van der Waals surface area contributed by atoms with E-state index in [2.05, 4.69) is 11.4 Å². The van der Waals surface area contributed by atoms with Crippen LogP contribution in [0.1, 0.15) is 39.0 Å². The first-order valence-electron chi connectivity index (χ1n) is 7.51. The summed E-state index contributed by atoms with van der Waals surface area (Å²) in [5, 5.41) is 0. The molecule has 0 radical (unpaired) electrons. The van der Waals surface area contributed by atoms with Gasteiger partial charge in [-0.15, -0.1) is 0 Å². The number of esters is 3. The van der Waals surface area contributed by atoms with Crippen molar-refractivity contribution in [3.8, 4) is 0 Å². The predicted octanol–water partition coefficient (Wildman–Crippen LogP) is 1.77. The maximum absolute atomic E-state index is 11.9. The van der Waals surface area contributed by atoms with Gasteiger partial charge >= 0.3 is 23.6 Å². The molecule has 1 saturated heterocycles. The van der Waals surface area contributed by atoms with Crippen molar-refractivity contribution in [2.24, 2.45) is 5.92 Å². The molecule has 2 rings (SSSR count). The highest BCUT2D eigenvalue weighted by Gasteiger charge is 2.60. The molecule has 7 nitrogen and oxygen atoms in total. The molecule has 1 aliphatic carbocycles. The Bertz CT molecular complexity index is 578. The smallest absolute Gasteiger partial charge is 0.414 e. The van der Waals surface area contributed by atoms with Crippen LogP contribution in [0.4, 0.5) is 0 Å². The first-order valence-corrected chi connectivity index (χ1v) is 7.51. The molecule has 1 heterocycles. The second-order valence-electron chi connectivity index (χ2n) is 5.85. The van der Waals surface area contributed by atoms with Crippen molar-refractivity contribution in [3.63, 3.8) is 0 Å². The third-order valence-electron chi connectivity index (χ3n) is 4.03. The van der Waals surface area contributed by atoms with Gasteiger partial charge in [0.25, 0.3) is 0 Å². The van der Waals surface area contributed by atoms with Gasteiger partial charge in [-0.25, -0.2) is 11.4 Å². The van der Waals surface area contributed by atoms with Crippen molar-refractivity contribution >= 4 is 17.9 Å². The Morgan fingerprint density at radius 3 is 2.91 bits per heavy atom. The Hall–Kier alpha value is -2.36. The van der Waals surface area contributed by atoms with Gasteiger partial charge in [0.15, 0.2) is 0 Å². The van der Waals surface area contributed by atoms with Crippen LogP contribution in [0, 0.1) is 12.5 Å². The van der Waals surface area contributed by atoms with Crippen LogP contribution in [0.3, 0.4) is 0 Å². The van der Waals surface area contributed by atoms with Crippen LogP contribution in [-0.2, 0) is 28.6 Å². The Morgan fingerprint density at radius 2 is 2.26 bits per heavy atom. The van der Waals surface area contributed by atoms with Gasteiger partial charge < -0.3 is 14.2 Å². The zero-order valence-electron chi connectivity index (χ0n) is 13.0. The molecular formula is C16H19NO6. The molecule has 124 valence electrons. The summed E-state index contributed by atoms with van der Waals surface area (Å²) >= 11 is 0. The van der Waals surface area contributed by atoms with E-state index in [1.54, 1.807) is 0 Å². The Labute approximate surface area is 134 Å². The fourth-order valence-corrected chi connectivity index (χ4v) is 2.71. The largest absolute Gasteiger partial charge is 0.462 e. The van der Waals surface area contributed by atoms with Crippen molar-refractivity contribution in [3.05, 3.63) is 23.6 Å². The molecule has 0 spiro atoms.